The van der Waals surface area contributed by atoms with Crippen molar-refractivity contribution in [3.63, 3.8) is 0 Å². The summed E-state index contributed by atoms with van der Waals surface area (Å²) in [5, 5.41) is 3.40. The summed E-state index contributed by atoms with van der Waals surface area (Å²) in [4.78, 5) is 2.56. The van der Waals surface area contributed by atoms with E-state index in [9.17, 15) is 0 Å². The Morgan fingerprint density at radius 1 is 1.13 bits per heavy atom. The summed E-state index contributed by atoms with van der Waals surface area (Å²) in [6, 6.07) is 6.34. The lowest BCUT2D eigenvalue weighted by atomic mass is 10.1. The predicted molar refractivity (Wildman–Crippen MR) is 95.6 cm³/mol. The Bertz CT molecular complexity index is 457. The largest absolute Gasteiger partial charge is 0.493 e. The fourth-order valence-corrected chi connectivity index (χ4v) is 2.84. The van der Waals surface area contributed by atoms with E-state index in [4.69, 9.17) is 9.47 Å². The van der Waals surface area contributed by atoms with E-state index in [0.29, 0.717) is 5.92 Å². The first-order valence-corrected chi connectivity index (χ1v) is 8.92. The van der Waals surface area contributed by atoms with E-state index in [-0.39, 0.29) is 0 Å². The number of nitrogens with zero attached hydrogens (tertiary/aromatic N) is 1. The fraction of sp³-hybridized carbons (Fsp3) is 0.684. The molecule has 0 saturated carbocycles. The maximum absolute atomic E-state index is 5.81. The highest BCUT2D eigenvalue weighted by atomic mass is 16.5. The van der Waals surface area contributed by atoms with Gasteiger partial charge >= 0.3 is 0 Å². The minimum absolute atomic E-state index is 0.518. The van der Waals surface area contributed by atoms with E-state index in [1.54, 1.807) is 7.11 Å². The molecule has 1 aromatic carbocycles. The van der Waals surface area contributed by atoms with E-state index >= 15 is 0 Å². The Morgan fingerprint density at radius 3 is 2.61 bits per heavy atom. The topological polar surface area (TPSA) is 33.7 Å². The monoisotopic (exact) mass is 320 g/mol. The molecule has 1 heterocycles. The van der Waals surface area contributed by atoms with Gasteiger partial charge in [0.15, 0.2) is 11.5 Å². The first-order chi connectivity index (χ1) is 11.2. The number of hydrogen-bond donors (Lipinski definition) is 1. The number of nitrogens with one attached hydrogen (secondary N) is 1. The predicted octanol–water partition coefficient (Wildman–Crippen LogP) is 2.96. The molecule has 4 heteroatoms. The molecule has 130 valence electrons. The summed E-state index contributed by atoms with van der Waals surface area (Å²) in [6.45, 7) is 10.9. The van der Waals surface area contributed by atoms with E-state index < -0.39 is 0 Å². The van der Waals surface area contributed by atoms with Crippen LogP contribution >= 0.6 is 0 Å². The highest BCUT2D eigenvalue weighted by Crippen LogP contribution is 2.29. The minimum atomic E-state index is 0.518. The number of aryl methyl sites for hydroxylation is 1. The maximum Gasteiger partial charge on any atom is 0.161 e. The number of rotatable bonds is 9. The zero-order valence-electron chi connectivity index (χ0n) is 14.9. The normalized spacial score (nSPS) is 15.8. The summed E-state index contributed by atoms with van der Waals surface area (Å²) < 4.78 is 11.3. The third-order valence-corrected chi connectivity index (χ3v) is 4.20. The van der Waals surface area contributed by atoms with Gasteiger partial charge in [-0.15, -0.1) is 0 Å². The molecule has 1 aliphatic heterocycles. The smallest absolute Gasteiger partial charge is 0.161 e. The molecule has 0 bridgehead atoms. The van der Waals surface area contributed by atoms with Crippen molar-refractivity contribution in [3.05, 3.63) is 23.8 Å². The highest BCUT2D eigenvalue weighted by Gasteiger charge is 2.09. The molecule has 1 saturated heterocycles. The van der Waals surface area contributed by atoms with Gasteiger partial charge in [0.2, 0.25) is 0 Å². The molecular formula is C19H32N2O2. The lowest BCUT2D eigenvalue weighted by Crippen LogP contribution is -2.43. The molecule has 23 heavy (non-hydrogen) atoms. The van der Waals surface area contributed by atoms with Gasteiger partial charge in [-0.3, -0.25) is 0 Å². The van der Waals surface area contributed by atoms with Gasteiger partial charge in [-0.1, -0.05) is 19.9 Å². The average molecular weight is 320 g/mol. The summed E-state index contributed by atoms with van der Waals surface area (Å²) >= 11 is 0. The Balaban J connectivity index is 1.76. The van der Waals surface area contributed by atoms with Gasteiger partial charge in [-0.2, -0.15) is 0 Å². The van der Waals surface area contributed by atoms with Crippen molar-refractivity contribution in [2.24, 2.45) is 5.92 Å². The number of benzene rings is 1. The Morgan fingerprint density at radius 2 is 1.91 bits per heavy atom. The second kappa shape index (κ2) is 9.78. The molecule has 2 rings (SSSR count). The zero-order chi connectivity index (χ0) is 16.5. The highest BCUT2D eigenvalue weighted by molar-refractivity contribution is 5.43. The summed E-state index contributed by atoms with van der Waals surface area (Å²) in [5.74, 6) is 2.22. The standard InChI is InChI=1S/C19H32N2O2/c1-16(2)15-23-18-8-7-17(14-19(18)22-3)6-4-5-11-21-12-9-20-10-13-21/h7-8,14,16,20H,4-6,9-13,15H2,1-3H3. The Labute approximate surface area is 141 Å². The minimum Gasteiger partial charge on any atom is -0.493 e. The molecule has 0 aromatic heterocycles. The van der Waals surface area contributed by atoms with Crippen molar-refractivity contribution in [2.75, 3.05) is 46.4 Å². The number of ether oxygens (including phenoxy) is 2. The van der Waals surface area contributed by atoms with E-state index in [1.807, 2.05) is 6.07 Å². The van der Waals surface area contributed by atoms with Crippen LogP contribution in [0.5, 0.6) is 11.5 Å². The van der Waals surface area contributed by atoms with Crippen LogP contribution in [-0.2, 0) is 6.42 Å². The van der Waals surface area contributed by atoms with Crippen molar-refractivity contribution in [1.29, 1.82) is 0 Å². The third-order valence-electron chi connectivity index (χ3n) is 4.20. The summed E-state index contributed by atoms with van der Waals surface area (Å²) in [7, 11) is 1.71. The van der Waals surface area contributed by atoms with Crippen LogP contribution < -0.4 is 14.8 Å². The zero-order valence-corrected chi connectivity index (χ0v) is 14.9. The van der Waals surface area contributed by atoms with Crippen LogP contribution in [0.25, 0.3) is 0 Å². The van der Waals surface area contributed by atoms with Gasteiger partial charge in [0.25, 0.3) is 0 Å². The molecule has 1 fully saturated rings. The molecule has 1 aromatic rings. The molecule has 0 aliphatic carbocycles. The van der Waals surface area contributed by atoms with Crippen LogP contribution in [0.3, 0.4) is 0 Å². The van der Waals surface area contributed by atoms with E-state index in [2.05, 4.69) is 36.2 Å². The Hall–Kier alpha value is -1.26. The molecule has 0 amide bonds. The van der Waals surface area contributed by atoms with Crippen molar-refractivity contribution < 1.29 is 9.47 Å². The number of methoxy groups -OCH3 is 1. The average Bonchev–Trinajstić information content (AvgIpc) is 2.58. The van der Waals surface area contributed by atoms with Gasteiger partial charge in [0, 0.05) is 26.2 Å². The molecule has 0 unspecified atom stereocenters. The molecule has 1 N–H and O–H groups in total. The van der Waals surface area contributed by atoms with E-state index in [0.717, 1.165) is 37.6 Å². The number of hydrogen-bond acceptors (Lipinski definition) is 4. The third kappa shape index (κ3) is 6.40. The molecule has 1 aliphatic rings. The van der Waals surface area contributed by atoms with Crippen molar-refractivity contribution in [3.8, 4) is 11.5 Å². The molecular weight excluding hydrogens is 288 g/mol. The molecule has 4 nitrogen and oxygen atoms in total. The van der Waals surface area contributed by atoms with Crippen LogP contribution in [0.4, 0.5) is 0 Å². The van der Waals surface area contributed by atoms with Gasteiger partial charge in [-0.05, 0) is 49.4 Å². The van der Waals surface area contributed by atoms with Crippen molar-refractivity contribution in [1.82, 2.24) is 10.2 Å². The molecule has 0 atom stereocenters. The quantitative estimate of drug-likeness (QED) is 0.709. The van der Waals surface area contributed by atoms with Crippen LogP contribution in [0.15, 0.2) is 18.2 Å². The van der Waals surface area contributed by atoms with Crippen LogP contribution in [-0.4, -0.2) is 51.3 Å². The Kier molecular flexibility index (Phi) is 7.69. The van der Waals surface area contributed by atoms with Gasteiger partial charge in [-0.25, -0.2) is 0 Å². The fourth-order valence-electron chi connectivity index (χ4n) is 2.84. The van der Waals surface area contributed by atoms with Crippen LogP contribution in [0, 0.1) is 5.92 Å². The second-order valence-corrected chi connectivity index (χ2v) is 6.74. The van der Waals surface area contributed by atoms with Crippen molar-refractivity contribution in [2.45, 2.75) is 33.1 Å². The van der Waals surface area contributed by atoms with Gasteiger partial charge in [0.1, 0.15) is 0 Å². The maximum atomic E-state index is 5.81. The van der Waals surface area contributed by atoms with Gasteiger partial charge < -0.3 is 19.7 Å². The SMILES string of the molecule is COc1cc(CCCCN2CCNCC2)ccc1OCC(C)C. The lowest BCUT2D eigenvalue weighted by molar-refractivity contribution is 0.237. The molecule has 0 spiro atoms. The first kappa shape index (κ1) is 18.1. The second-order valence-electron chi connectivity index (χ2n) is 6.74. The molecule has 0 radical (unpaired) electrons. The van der Waals surface area contributed by atoms with Crippen LogP contribution in [0.1, 0.15) is 32.3 Å². The first-order valence-electron chi connectivity index (χ1n) is 8.92. The lowest BCUT2D eigenvalue weighted by Gasteiger charge is -2.27. The number of piperazine rings is 1. The van der Waals surface area contributed by atoms with Crippen LogP contribution in [0.2, 0.25) is 0 Å². The van der Waals surface area contributed by atoms with Gasteiger partial charge in [0.05, 0.1) is 13.7 Å². The van der Waals surface area contributed by atoms with Crippen molar-refractivity contribution >= 4 is 0 Å². The number of unbranched alkanes of at least 4 members (excludes halogenated alkanes) is 1. The summed E-state index contributed by atoms with van der Waals surface area (Å²) in [6.07, 6.45) is 3.58. The van der Waals surface area contributed by atoms with E-state index in [1.165, 1.54) is 38.0 Å². The summed E-state index contributed by atoms with van der Waals surface area (Å²) in [5.41, 5.74) is 1.33.